The van der Waals surface area contributed by atoms with E-state index in [4.69, 9.17) is 0 Å². The zero-order chi connectivity index (χ0) is 18.1. The number of rotatable bonds is 3. The fourth-order valence-electron chi connectivity index (χ4n) is 3.97. The molecule has 2 atom stereocenters. The number of hydrogen-bond acceptors (Lipinski definition) is 3. The Hall–Kier alpha value is -2.95. The summed E-state index contributed by atoms with van der Waals surface area (Å²) in [4.78, 5) is 39.9. The molecule has 2 aromatic carbocycles. The Morgan fingerprint density at radius 3 is 2.42 bits per heavy atom. The lowest BCUT2D eigenvalue weighted by Crippen LogP contribution is -2.49. The van der Waals surface area contributed by atoms with E-state index < -0.39 is 0 Å². The summed E-state index contributed by atoms with van der Waals surface area (Å²) in [6.45, 7) is 1.10. The maximum Gasteiger partial charge on any atom is 0.254 e. The fraction of sp³-hybridized carbons (Fsp3) is 0.286. The lowest BCUT2D eigenvalue weighted by atomic mass is 9.90. The van der Waals surface area contributed by atoms with Crippen molar-refractivity contribution in [3.63, 3.8) is 0 Å². The first-order valence-corrected chi connectivity index (χ1v) is 8.94. The third-order valence-corrected chi connectivity index (χ3v) is 5.30. The van der Waals surface area contributed by atoms with E-state index in [1.807, 2.05) is 18.2 Å². The molecule has 2 heterocycles. The molecule has 0 spiro atoms. The van der Waals surface area contributed by atoms with Gasteiger partial charge in [-0.25, -0.2) is 0 Å². The molecule has 5 heteroatoms. The first kappa shape index (κ1) is 16.5. The van der Waals surface area contributed by atoms with Crippen molar-refractivity contribution in [2.45, 2.75) is 18.9 Å². The first-order chi connectivity index (χ1) is 12.7. The second-order valence-electron chi connectivity index (χ2n) is 6.80. The zero-order valence-electron chi connectivity index (χ0n) is 14.4. The van der Waals surface area contributed by atoms with Crippen LogP contribution in [0.15, 0.2) is 54.6 Å². The summed E-state index contributed by atoms with van der Waals surface area (Å²) >= 11 is 0. The Morgan fingerprint density at radius 2 is 1.65 bits per heavy atom. The molecule has 0 unspecified atom stereocenters. The Morgan fingerprint density at radius 1 is 0.962 bits per heavy atom. The largest absolute Gasteiger partial charge is 0.354 e. The highest BCUT2D eigenvalue weighted by molar-refractivity contribution is 6.15. The molecule has 132 valence electrons. The molecule has 1 N–H and O–H groups in total. The van der Waals surface area contributed by atoms with Gasteiger partial charge >= 0.3 is 0 Å². The predicted octanol–water partition coefficient (Wildman–Crippen LogP) is 2.27. The Kier molecular flexibility index (Phi) is 4.29. The van der Waals surface area contributed by atoms with Gasteiger partial charge in [0.25, 0.3) is 5.91 Å². The van der Waals surface area contributed by atoms with Crippen LogP contribution in [-0.2, 0) is 4.79 Å². The van der Waals surface area contributed by atoms with E-state index in [0.29, 0.717) is 29.8 Å². The fourth-order valence-corrected chi connectivity index (χ4v) is 3.97. The van der Waals surface area contributed by atoms with Crippen LogP contribution < -0.4 is 5.32 Å². The van der Waals surface area contributed by atoms with Crippen molar-refractivity contribution in [2.24, 2.45) is 5.92 Å². The molecule has 0 aliphatic carbocycles. The van der Waals surface area contributed by atoms with Gasteiger partial charge in [0.1, 0.15) is 0 Å². The van der Waals surface area contributed by atoms with Gasteiger partial charge in [-0.2, -0.15) is 0 Å². The molecular formula is C21H20N2O3. The molecule has 0 saturated carbocycles. The van der Waals surface area contributed by atoms with Crippen LogP contribution >= 0.6 is 0 Å². The van der Waals surface area contributed by atoms with E-state index in [9.17, 15) is 14.4 Å². The lowest BCUT2D eigenvalue weighted by molar-refractivity contribution is -0.123. The molecule has 2 aliphatic heterocycles. The van der Waals surface area contributed by atoms with E-state index in [-0.39, 0.29) is 29.6 Å². The van der Waals surface area contributed by atoms with Gasteiger partial charge in [-0.05, 0) is 18.9 Å². The summed E-state index contributed by atoms with van der Waals surface area (Å²) < 4.78 is 0. The van der Waals surface area contributed by atoms with E-state index >= 15 is 0 Å². The van der Waals surface area contributed by atoms with Crippen molar-refractivity contribution >= 4 is 17.6 Å². The quantitative estimate of drug-likeness (QED) is 0.866. The minimum Gasteiger partial charge on any atom is -0.354 e. The smallest absolute Gasteiger partial charge is 0.254 e. The highest BCUT2D eigenvalue weighted by atomic mass is 16.2. The number of carbonyl (C=O) groups is 3. The number of fused-ring (bicyclic) bond motifs is 1. The normalized spacial score (nSPS) is 21.8. The summed E-state index contributed by atoms with van der Waals surface area (Å²) in [5.41, 5.74) is 1.37. The average Bonchev–Trinajstić information content (AvgIpc) is 3.09. The van der Waals surface area contributed by atoms with Gasteiger partial charge in [0.05, 0.1) is 17.5 Å². The molecule has 0 aromatic heterocycles. The number of nitrogens with one attached hydrogen (secondary N) is 1. The number of ketones is 1. The number of carbonyl (C=O) groups excluding carboxylic acids is 3. The summed E-state index contributed by atoms with van der Waals surface area (Å²) in [6, 6.07) is 15.8. The maximum atomic E-state index is 13.2. The van der Waals surface area contributed by atoms with Gasteiger partial charge in [-0.3, -0.25) is 14.4 Å². The van der Waals surface area contributed by atoms with Crippen LogP contribution in [0.2, 0.25) is 0 Å². The van der Waals surface area contributed by atoms with E-state index in [2.05, 4.69) is 5.32 Å². The highest BCUT2D eigenvalue weighted by Gasteiger charge is 2.43. The van der Waals surface area contributed by atoms with E-state index in [0.717, 1.165) is 12.8 Å². The molecule has 0 radical (unpaired) electrons. The summed E-state index contributed by atoms with van der Waals surface area (Å²) in [7, 11) is 0. The van der Waals surface area contributed by atoms with Crippen LogP contribution in [0, 0.1) is 5.92 Å². The summed E-state index contributed by atoms with van der Waals surface area (Å²) in [6.07, 6.45) is 1.61. The third kappa shape index (κ3) is 2.79. The van der Waals surface area contributed by atoms with Gasteiger partial charge < -0.3 is 10.2 Å². The predicted molar refractivity (Wildman–Crippen MR) is 96.9 cm³/mol. The minimum atomic E-state index is -0.170. The molecule has 4 rings (SSSR count). The molecule has 2 amide bonds. The highest BCUT2D eigenvalue weighted by Crippen LogP contribution is 2.29. The number of piperidine rings is 1. The number of likely N-dealkylation sites (tertiary alicyclic amines) is 1. The summed E-state index contributed by atoms with van der Waals surface area (Å²) in [5.74, 6) is -0.439. The van der Waals surface area contributed by atoms with Gasteiger partial charge in [0.2, 0.25) is 5.91 Å². The van der Waals surface area contributed by atoms with Crippen molar-refractivity contribution in [1.82, 2.24) is 10.2 Å². The number of amides is 2. The first-order valence-electron chi connectivity index (χ1n) is 8.94. The molecule has 2 saturated heterocycles. The van der Waals surface area contributed by atoms with Crippen LogP contribution in [0.25, 0.3) is 0 Å². The molecule has 0 bridgehead atoms. The van der Waals surface area contributed by atoms with Crippen molar-refractivity contribution in [3.05, 3.63) is 71.3 Å². The molecular weight excluding hydrogens is 328 g/mol. The van der Waals surface area contributed by atoms with Crippen LogP contribution in [0.3, 0.4) is 0 Å². The van der Waals surface area contributed by atoms with Crippen LogP contribution in [0.4, 0.5) is 0 Å². The molecule has 2 fully saturated rings. The van der Waals surface area contributed by atoms with Crippen LogP contribution in [0.5, 0.6) is 0 Å². The molecule has 5 nitrogen and oxygen atoms in total. The van der Waals surface area contributed by atoms with Crippen molar-refractivity contribution in [3.8, 4) is 0 Å². The number of benzene rings is 2. The SMILES string of the molecule is O=C(c1ccccc1)c1ccccc1C(=O)N1CCC[C@H]2C(=O)NC[C@H]21. The molecule has 2 aromatic rings. The second-order valence-corrected chi connectivity index (χ2v) is 6.80. The topological polar surface area (TPSA) is 66.5 Å². The number of hydrogen-bond donors (Lipinski definition) is 1. The Balaban J connectivity index is 1.67. The molecule has 2 aliphatic rings. The Labute approximate surface area is 152 Å². The van der Waals surface area contributed by atoms with Crippen molar-refractivity contribution in [1.29, 1.82) is 0 Å². The number of nitrogens with zero attached hydrogens (tertiary/aromatic N) is 1. The summed E-state index contributed by atoms with van der Waals surface area (Å²) in [5, 5.41) is 2.86. The van der Waals surface area contributed by atoms with Gasteiger partial charge in [0, 0.05) is 24.2 Å². The second kappa shape index (κ2) is 6.75. The standard InChI is InChI=1S/C21H20N2O3/c24-19(14-7-2-1-3-8-14)15-9-4-5-10-16(15)21(26)23-12-6-11-17-18(23)13-22-20(17)25/h1-5,7-10,17-18H,6,11-13H2,(H,22,25)/t17-,18-/m1/s1. The lowest BCUT2D eigenvalue weighted by Gasteiger charge is -2.36. The van der Waals surface area contributed by atoms with Crippen molar-refractivity contribution < 1.29 is 14.4 Å². The van der Waals surface area contributed by atoms with Gasteiger partial charge in [0.15, 0.2) is 5.78 Å². The zero-order valence-corrected chi connectivity index (χ0v) is 14.4. The molecule has 26 heavy (non-hydrogen) atoms. The van der Waals surface area contributed by atoms with E-state index in [1.165, 1.54) is 0 Å². The van der Waals surface area contributed by atoms with E-state index in [1.54, 1.807) is 41.3 Å². The Bertz CT molecular complexity index is 863. The monoisotopic (exact) mass is 348 g/mol. The van der Waals surface area contributed by atoms with Gasteiger partial charge in [-0.1, -0.05) is 48.5 Å². The third-order valence-electron chi connectivity index (χ3n) is 5.30. The van der Waals surface area contributed by atoms with Crippen LogP contribution in [-0.4, -0.2) is 41.6 Å². The van der Waals surface area contributed by atoms with Gasteiger partial charge in [-0.15, -0.1) is 0 Å². The average molecular weight is 348 g/mol. The minimum absolute atomic E-state index is 0.0288. The van der Waals surface area contributed by atoms with Crippen LogP contribution in [0.1, 0.15) is 39.1 Å². The van der Waals surface area contributed by atoms with Crippen molar-refractivity contribution in [2.75, 3.05) is 13.1 Å². The maximum absolute atomic E-state index is 13.2.